The highest BCUT2D eigenvalue weighted by Gasteiger charge is 2.37. The van der Waals surface area contributed by atoms with Crippen molar-refractivity contribution in [3.63, 3.8) is 0 Å². The predicted octanol–water partition coefficient (Wildman–Crippen LogP) is 13.8. The summed E-state index contributed by atoms with van der Waals surface area (Å²) in [4.78, 5) is 0. The fourth-order valence-corrected chi connectivity index (χ4v) is 9.11. The van der Waals surface area contributed by atoms with Crippen LogP contribution >= 0.6 is 0 Å². The first kappa shape index (κ1) is 27.7. The molecule has 1 aromatic heterocycles. The van der Waals surface area contributed by atoms with Gasteiger partial charge in [-0.3, -0.25) is 0 Å². The number of fused-ring (bicyclic) bond motifs is 11. The zero-order chi connectivity index (χ0) is 33.1. The van der Waals surface area contributed by atoms with Gasteiger partial charge in [0.15, 0.2) is 0 Å². The van der Waals surface area contributed by atoms with Gasteiger partial charge in [-0.1, -0.05) is 147 Å². The quantitative estimate of drug-likeness (QED) is 0.172. The molecule has 0 bridgehead atoms. The molecule has 9 aromatic carbocycles. The molecule has 1 nitrogen and oxygen atoms in total. The maximum Gasteiger partial charge on any atom is 0.136 e. The van der Waals surface area contributed by atoms with E-state index in [1.54, 1.807) is 0 Å². The Kier molecular flexibility index (Phi) is 5.51. The summed E-state index contributed by atoms with van der Waals surface area (Å²) < 4.78 is 6.28. The van der Waals surface area contributed by atoms with E-state index >= 15 is 0 Å². The van der Waals surface area contributed by atoms with Crippen molar-refractivity contribution < 1.29 is 4.42 Å². The largest absolute Gasteiger partial charge is 0.456 e. The SMILES string of the molecule is CC1(C)c2cc(-c3c4ccccc4c(-c4cccc5ccccc45)c4ccccc34)ccc2-c2c1ccc1cc3oc4ccccc4c3cc21. The number of hydrogen-bond donors (Lipinski definition) is 0. The molecule has 0 atom stereocenters. The van der Waals surface area contributed by atoms with Crippen LogP contribution in [0, 0.1) is 0 Å². The molecule has 50 heavy (non-hydrogen) atoms. The van der Waals surface area contributed by atoms with Crippen LogP contribution in [-0.4, -0.2) is 0 Å². The molecule has 0 spiro atoms. The van der Waals surface area contributed by atoms with Crippen molar-refractivity contribution >= 4 is 65.0 Å². The van der Waals surface area contributed by atoms with Crippen LogP contribution < -0.4 is 0 Å². The second-order valence-electron chi connectivity index (χ2n) is 14.4. The second-order valence-corrected chi connectivity index (χ2v) is 14.4. The topological polar surface area (TPSA) is 13.1 Å². The minimum Gasteiger partial charge on any atom is -0.456 e. The van der Waals surface area contributed by atoms with E-state index in [4.69, 9.17) is 4.42 Å². The van der Waals surface area contributed by atoms with E-state index in [1.807, 2.05) is 6.07 Å². The molecule has 10 aromatic rings. The molecule has 1 aliphatic rings. The van der Waals surface area contributed by atoms with Crippen molar-refractivity contribution in [2.24, 2.45) is 0 Å². The van der Waals surface area contributed by atoms with Gasteiger partial charge < -0.3 is 4.42 Å². The molecular formula is C49H32O. The van der Waals surface area contributed by atoms with E-state index in [0.717, 1.165) is 11.2 Å². The smallest absolute Gasteiger partial charge is 0.136 e. The number of benzene rings is 9. The lowest BCUT2D eigenvalue weighted by Gasteiger charge is -2.23. The second kappa shape index (κ2) is 9.94. The van der Waals surface area contributed by atoms with Crippen LogP contribution in [0.1, 0.15) is 25.0 Å². The average Bonchev–Trinajstić information content (AvgIpc) is 3.63. The molecule has 0 aliphatic heterocycles. The van der Waals surface area contributed by atoms with Crippen LogP contribution in [0.15, 0.2) is 162 Å². The fraction of sp³-hybridized carbons (Fsp3) is 0.0612. The van der Waals surface area contributed by atoms with E-state index in [-0.39, 0.29) is 5.41 Å². The third-order valence-electron chi connectivity index (χ3n) is 11.4. The van der Waals surface area contributed by atoms with E-state index in [9.17, 15) is 0 Å². The lowest BCUT2D eigenvalue weighted by molar-refractivity contribution is 0.661. The molecule has 0 amide bonds. The maximum atomic E-state index is 6.28. The standard InChI is InChI=1S/C49H32O/c1-49(2)42-25-23-30-27-45-41(33-15-9-10-21-44(33)50-45)28-40(30)48(42)39-24-22-31(26-43(39)49)46-35-16-5-7-18-37(35)47(38-19-8-6-17-36(38)46)34-20-11-13-29-12-3-4-14-32(29)34/h3-28H,1-2H3. The Bertz CT molecular complexity index is 3000. The molecule has 1 aliphatic carbocycles. The molecule has 11 rings (SSSR count). The number of hydrogen-bond acceptors (Lipinski definition) is 1. The molecule has 0 fully saturated rings. The molecule has 234 valence electrons. The van der Waals surface area contributed by atoms with Crippen LogP contribution in [0.4, 0.5) is 0 Å². The van der Waals surface area contributed by atoms with Crippen LogP contribution in [-0.2, 0) is 5.41 Å². The predicted molar refractivity (Wildman–Crippen MR) is 212 cm³/mol. The van der Waals surface area contributed by atoms with Gasteiger partial charge in [-0.2, -0.15) is 0 Å². The summed E-state index contributed by atoms with van der Waals surface area (Å²) in [6, 6.07) is 58.2. The summed E-state index contributed by atoms with van der Waals surface area (Å²) in [5, 5.41) is 12.5. The highest BCUT2D eigenvalue weighted by atomic mass is 16.3. The highest BCUT2D eigenvalue weighted by molar-refractivity contribution is 6.24. The molecule has 0 N–H and O–H groups in total. The summed E-state index contributed by atoms with van der Waals surface area (Å²) in [6.45, 7) is 4.78. The summed E-state index contributed by atoms with van der Waals surface area (Å²) >= 11 is 0. The maximum absolute atomic E-state index is 6.28. The van der Waals surface area contributed by atoms with Crippen LogP contribution in [0.2, 0.25) is 0 Å². The molecule has 1 heteroatoms. The van der Waals surface area contributed by atoms with E-state index < -0.39 is 0 Å². The molecular weight excluding hydrogens is 605 g/mol. The Balaban J connectivity index is 1.18. The third-order valence-corrected chi connectivity index (χ3v) is 11.4. The van der Waals surface area contributed by atoms with E-state index in [0.29, 0.717) is 0 Å². The van der Waals surface area contributed by atoms with Crippen molar-refractivity contribution in [2.45, 2.75) is 19.3 Å². The first-order valence-corrected chi connectivity index (χ1v) is 17.5. The Morgan fingerprint density at radius 1 is 0.360 bits per heavy atom. The summed E-state index contributed by atoms with van der Waals surface area (Å²) in [7, 11) is 0. The Morgan fingerprint density at radius 2 is 1.00 bits per heavy atom. The van der Waals surface area contributed by atoms with Gasteiger partial charge in [0.1, 0.15) is 11.2 Å². The summed E-state index contributed by atoms with van der Waals surface area (Å²) in [5.41, 5.74) is 12.3. The van der Waals surface area contributed by atoms with Gasteiger partial charge in [0.25, 0.3) is 0 Å². The van der Waals surface area contributed by atoms with Crippen molar-refractivity contribution in [3.05, 3.63) is 169 Å². The van der Waals surface area contributed by atoms with Gasteiger partial charge in [0.05, 0.1) is 0 Å². The first-order chi connectivity index (χ1) is 24.6. The minimum absolute atomic E-state index is 0.156. The number of rotatable bonds is 2. The lowest BCUT2D eigenvalue weighted by Crippen LogP contribution is -2.15. The van der Waals surface area contributed by atoms with Gasteiger partial charge >= 0.3 is 0 Å². The molecule has 1 heterocycles. The van der Waals surface area contributed by atoms with Crippen molar-refractivity contribution in [1.82, 2.24) is 0 Å². The van der Waals surface area contributed by atoms with Crippen LogP contribution in [0.5, 0.6) is 0 Å². The van der Waals surface area contributed by atoms with Crippen molar-refractivity contribution in [1.29, 1.82) is 0 Å². The fourth-order valence-electron chi connectivity index (χ4n) is 9.11. The third kappa shape index (κ3) is 3.67. The average molecular weight is 637 g/mol. The number of furan rings is 1. The summed E-state index contributed by atoms with van der Waals surface area (Å²) in [6.07, 6.45) is 0. The zero-order valence-electron chi connectivity index (χ0n) is 27.9. The molecule has 0 saturated heterocycles. The normalized spacial score (nSPS) is 13.6. The van der Waals surface area contributed by atoms with Gasteiger partial charge in [-0.15, -0.1) is 0 Å². The Labute approximate surface area is 290 Å². The monoisotopic (exact) mass is 636 g/mol. The first-order valence-electron chi connectivity index (χ1n) is 17.5. The van der Waals surface area contributed by atoms with Gasteiger partial charge in [-0.25, -0.2) is 0 Å². The van der Waals surface area contributed by atoms with Crippen LogP contribution in [0.3, 0.4) is 0 Å². The van der Waals surface area contributed by atoms with Gasteiger partial charge in [0, 0.05) is 16.2 Å². The molecule has 0 radical (unpaired) electrons. The van der Waals surface area contributed by atoms with E-state index in [1.165, 1.54) is 98.4 Å². The van der Waals surface area contributed by atoms with Crippen LogP contribution in [0.25, 0.3) is 98.4 Å². The lowest BCUT2D eigenvalue weighted by atomic mass is 9.80. The van der Waals surface area contributed by atoms with Crippen molar-refractivity contribution in [3.8, 4) is 33.4 Å². The minimum atomic E-state index is -0.156. The Morgan fingerprint density at radius 3 is 1.76 bits per heavy atom. The Hall–Kier alpha value is -6.18. The van der Waals surface area contributed by atoms with Crippen molar-refractivity contribution in [2.75, 3.05) is 0 Å². The number of para-hydroxylation sites is 1. The zero-order valence-corrected chi connectivity index (χ0v) is 27.9. The van der Waals surface area contributed by atoms with Gasteiger partial charge in [0.2, 0.25) is 0 Å². The van der Waals surface area contributed by atoms with E-state index in [2.05, 4.69) is 166 Å². The highest BCUT2D eigenvalue weighted by Crippen LogP contribution is 2.54. The summed E-state index contributed by atoms with van der Waals surface area (Å²) in [5.74, 6) is 0. The molecule has 0 saturated carbocycles. The van der Waals surface area contributed by atoms with Gasteiger partial charge in [-0.05, 0) is 112 Å². The molecule has 0 unspecified atom stereocenters.